The minimum absolute atomic E-state index is 0.617. The standard InChI is InChI=1S/C20H35N/c1-7-10-11-18(8-2)20(21-9-3)14-19-16(5)12-15(4)13-17(19)6/h12-13,18,20-21H,7-11,14H2,1-6H3. The molecule has 0 aliphatic carbocycles. The van der Waals surface area contributed by atoms with Gasteiger partial charge in [0.25, 0.3) is 0 Å². The Balaban J connectivity index is 2.91. The molecule has 21 heavy (non-hydrogen) atoms. The molecule has 120 valence electrons. The highest BCUT2D eigenvalue weighted by molar-refractivity contribution is 5.38. The molecular formula is C20H35N. The van der Waals surface area contributed by atoms with Crippen LogP contribution in [0.4, 0.5) is 0 Å². The molecule has 0 saturated heterocycles. The first-order chi connectivity index (χ1) is 10.0. The Kier molecular flexibility index (Phi) is 8.03. The van der Waals surface area contributed by atoms with Crippen LogP contribution in [0, 0.1) is 26.7 Å². The van der Waals surface area contributed by atoms with Crippen molar-refractivity contribution in [2.45, 2.75) is 79.7 Å². The third-order valence-corrected chi connectivity index (χ3v) is 4.75. The van der Waals surface area contributed by atoms with E-state index in [1.165, 1.54) is 48.8 Å². The number of unbranched alkanes of at least 4 members (excludes halogenated alkanes) is 1. The highest BCUT2D eigenvalue weighted by atomic mass is 14.9. The van der Waals surface area contributed by atoms with Crippen LogP contribution < -0.4 is 5.32 Å². The molecule has 1 N–H and O–H groups in total. The lowest BCUT2D eigenvalue weighted by molar-refractivity contribution is 0.319. The van der Waals surface area contributed by atoms with Crippen molar-refractivity contribution in [1.29, 1.82) is 0 Å². The summed E-state index contributed by atoms with van der Waals surface area (Å²) in [6.45, 7) is 14.7. The van der Waals surface area contributed by atoms with E-state index in [4.69, 9.17) is 0 Å². The lowest BCUT2D eigenvalue weighted by atomic mass is 9.85. The van der Waals surface area contributed by atoms with Gasteiger partial charge in [0.05, 0.1) is 0 Å². The Bertz CT molecular complexity index is 399. The van der Waals surface area contributed by atoms with Crippen LogP contribution in [-0.4, -0.2) is 12.6 Å². The third-order valence-electron chi connectivity index (χ3n) is 4.75. The second kappa shape index (κ2) is 9.25. The van der Waals surface area contributed by atoms with E-state index in [0.29, 0.717) is 6.04 Å². The lowest BCUT2D eigenvalue weighted by Crippen LogP contribution is -2.38. The van der Waals surface area contributed by atoms with Crippen LogP contribution in [0.15, 0.2) is 12.1 Å². The van der Waals surface area contributed by atoms with Gasteiger partial charge in [0.2, 0.25) is 0 Å². The highest BCUT2D eigenvalue weighted by Gasteiger charge is 2.20. The van der Waals surface area contributed by atoms with Crippen LogP contribution in [0.25, 0.3) is 0 Å². The molecule has 1 aromatic carbocycles. The SMILES string of the molecule is CCCCC(CC)C(Cc1c(C)cc(C)cc1C)NCC. The fraction of sp³-hybridized carbons (Fsp3) is 0.700. The maximum absolute atomic E-state index is 3.76. The molecule has 0 saturated carbocycles. The topological polar surface area (TPSA) is 12.0 Å². The predicted molar refractivity (Wildman–Crippen MR) is 95.1 cm³/mol. The molecule has 0 amide bonds. The van der Waals surface area contributed by atoms with E-state index in [2.05, 4.69) is 59.0 Å². The van der Waals surface area contributed by atoms with Crippen molar-refractivity contribution in [3.63, 3.8) is 0 Å². The van der Waals surface area contributed by atoms with E-state index in [9.17, 15) is 0 Å². The second-order valence-electron chi connectivity index (χ2n) is 6.56. The molecule has 0 spiro atoms. The summed E-state index contributed by atoms with van der Waals surface area (Å²) in [5.74, 6) is 0.796. The first-order valence-electron chi connectivity index (χ1n) is 8.83. The molecular weight excluding hydrogens is 254 g/mol. The zero-order chi connectivity index (χ0) is 15.8. The van der Waals surface area contributed by atoms with Crippen molar-refractivity contribution < 1.29 is 0 Å². The van der Waals surface area contributed by atoms with E-state index < -0.39 is 0 Å². The van der Waals surface area contributed by atoms with E-state index in [1.54, 1.807) is 5.56 Å². The molecule has 0 radical (unpaired) electrons. The lowest BCUT2D eigenvalue weighted by Gasteiger charge is -2.28. The number of rotatable bonds is 9. The average Bonchev–Trinajstić information content (AvgIpc) is 2.43. The molecule has 0 aliphatic heterocycles. The summed E-state index contributed by atoms with van der Waals surface area (Å²) >= 11 is 0. The molecule has 2 unspecified atom stereocenters. The summed E-state index contributed by atoms with van der Waals surface area (Å²) in [5, 5.41) is 3.76. The van der Waals surface area contributed by atoms with Gasteiger partial charge in [0.1, 0.15) is 0 Å². The highest BCUT2D eigenvalue weighted by Crippen LogP contribution is 2.24. The van der Waals surface area contributed by atoms with Crippen LogP contribution in [0.3, 0.4) is 0 Å². The van der Waals surface area contributed by atoms with Crippen molar-refractivity contribution in [3.8, 4) is 0 Å². The largest absolute Gasteiger partial charge is 0.314 e. The van der Waals surface area contributed by atoms with Crippen LogP contribution in [0.2, 0.25) is 0 Å². The smallest absolute Gasteiger partial charge is 0.0136 e. The van der Waals surface area contributed by atoms with Gasteiger partial charge in [-0.05, 0) is 62.8 Å². The summed E-state index contributed by atoms with van der Waals surface area (Å²) in [5.41, 5.74) is 5.86. The first kappa shape index (κ1) is 18.2. The molecule has 1 rings (SSSR count). The van der Waals surface area contributed by atoms with Crippen LogP contribution in [-0.2, 0) is 6.42 Å². The fourth-order valence-corrected chi connectivity index (χ4v) is 3.58. The van der Waals surface area contributed by atoms with Crippen LogP contribution in [0.1, 0.15) is 68.7 Å². The third kappa shape index (κ3) is 5.47. The van der Waals surface area contributed by atoms with Gasteiger partial charge in [-0.1, -0.05) is 57.7 Å². The van der Waals surface area contributed by atoms with Gasteiger partial charge >= 0.3 is 0 Å². The summed E-state index contributed by atoms with van der Waals surface area (Å²) in [6, 6.07) is 5.28. The van der Waals surface area contributed by atoms with E-state index >= 15 is 0 Å². The molecule has 0 aromatic heterocycles. The Morgan fingerprint density at radius 3 is 2.10 bits per heavy atom. The quantitative estimate of drug-likeness (QED) is 0.646. The zero-order valence-corrected chi connectivity index (χ0v) is 15.1. The second-order valence-corrected chi connectivity index (χ2v) is 6.56. The first-order valence-corrected chi connectivity index (χ1v) is 8.83. The van der Waals surface area contributed by atoms with Crippen molar-refractivity contribution in [3.05, 3.63) is 34.4 Å². The summed E-state index contributed by atoms with van der Waals surface area (Å²) in [4.78, 5) is 0. The Labute approximate surface area is 132 Å². The number of nitrogens with one attached hydrogen (secondary N) is 1. The number of benzene rings is 1. The van der Waals surface area contributed by atoms with Crippen molar-refractivity contribution in [1.82, 2.24) is 5.32 Å². The molecule has 0 fully saturated rings. The average molecular weight is 290 g/mol. The predicted octanol–water partition coefficient (Wildman–Crippen LogP) is 5.35. The van der Waals surface area contributed by atoms with Gasteiger partial charge in [-0.15, -0.1) is 0 Å². The molecule has 0 aliphatic rings. The normalized spacial score (nSPS) is 14.2. The van der Waals surface area contributed by atoms with E-state index in [1.807, 2.05) is 0 Å². The van der Waals surface area contributed by atoms with Gasteiger partial charge < -0.3 is 5.32 Å². The van der Waals surface area contributed by atoms with Gasteiger partial charge in [-0.2, -0.15) is 0 Å². The molecule has 1 heteroatoms. The van der Waals surface area contributed by atoms with Gasteiger partial charge in [0, 0.05) is 6.04 Å². The van der Waals surface area contributed by atoms with Gasteiger partial charge in [-0.3, -0.25) is 0 Å². The maximum Gasteiger partial charge on any atom is 0.0136 e. The maximum atomic E-state index is 3.76. The summed E-state index contributed by atoms with van der Waals surface area (Å²) in [7, 11) is 0. The van der Waals surface area contributed by atoms with Gasteiger partial charge in [-0.25, -0.2) is 0 Å². The van der Waals surface area contributed by atoms with E-state index in [-0.39, 0.29) is 0 Å². The fourth-order valence-electron chi connectivity index (χ4n) is 3.58. The number of hydrogen-bond acceptors (Lipinski definition) is 1. The molecule has 1 aromatic rings. The van der Waals surface area contributed by atoms with Crippen molar-refractivity contribution >= 4 is 0 Å². The van der Waals surface area contributed by atoms with Crippen LogP contribution >= 0.6 is 0 Å². The number of hydrogen-bond donors (Lipinski definition) is 1. The Morgan fingerprint density at radius 1 is 1.00 bits per heavy atom. The van der Waals surface area contributed by atoms with Crippen molar-refractivity contribution in [2.24, 2.45) is 5.92 Å². The van der Waals surface area contributed by atoms with Gasteiger partial charge in [0.15, 0.2) is 0 Å². The summed E-state index contributed by atoms with van der Waals surface area (Å²) in [6.07, 6.45) is 6.47. The summed E-state index contributed by atoms with van der Waals surface area (Å²) < 4.78 is 0. The molecule has 0 heterocycles. The number of likely N-dealkylation sites (N-methyl/N-ethyl adjacent to an activating group) is 1. The zero-order valence-electron chi connectivity index (χ0n) is 15.1. The Hall–Kier alpha value is -0.820. The van der Waals surface area contributed by atoms with Crippen molar-refractivity contribution in [2.75, 3.05) is 6.54 Å². The van der Waals surface area contributed by atoms with E-state index in [0.717, 1.165) is 12.5 Å². The molecule has 1 nitrogen and oxygen atoms in total. The monoisotopic (exact) mass is 289 g/mol. The number of aryl methyl sites for hydroxylation is 3. The Morgan fingerprint density at radius 2 is 1.62 bits per heavy atom. The minimum Gasteiger partial charge on any atom is -0.314 e. The van der Waals surface area contributed by atoms with Crippen LogP contribution in [0.5, 0.6) is 0 Å². The minimum atomic E-state index is 0.617. The molecule has 0 bridgehead atoms. The molecule has 2 atom stereocenters.